The van der Waals surface area contributed by atoms with Crippen LogP contribution >= 0.6 is 0 Å². The smallest absolute Gasteiger partial charge is 0.261 e. The second-order valence-corrected chi connectivity index (χ2v) is 4.58. The van der Waals surface area contributed by atoms with E-state index in [1.54, 1.807) is 43.3 Å². The van der Waals surface area contributed by atoms with Crippen molar-refractivity contribution in [1.29, 1.82) is 0 Å². The van der Waals surface area contributed by atoms with Gasteiger partial charge in [-0.3, -0.25) is 4.79 Å². The topological polar surface area (TPSA) is 46.3 Å². The molecule has 2 rings (SSSR count). The van der Waals surface area contributed by atoms with E-state index in [2.05, 4.69) is 0 Å². The van der Waals surface area contributed by atoms with Gasteiger partial charge in [-0.1, -0.05) is 18.2 Å². The van der Waals surface area contributed by atoms with E-state index >= 15 is 0 Å². The summed E-state index contributed by atoms with van der Waals surface area (Å²) < 4.78 is 14.1. The summed E-state index contributed by atoms with van der Waals surface area (Å²) in [5, 5.41) is 0. The van der Waals surface area contributed by atoms with Crippen molar-refractivity contribution in [3.63, 3.8) is 0 Å². The van der Waals surface area contributed by atoms with E-state index in [1.807, 2.05) is 6.92 Å². The molecule has 2 aromatic carbocycles. The van der Waals surface area contributed by atoms with Crippen molar-refractivity contribution in [3.8, 4) is 0 Å². The van der Waals surface area contributed by atoms with Gasteiger partial charge in [-0.05, 0) is 43.7 Å². The molecule has 2 aromatic rings. The van der Waals surface area contributed by atoms with E-state index in [0.717, 1.165) is 0 Å². The Kier molecular flexibility index (Phi) is 4.03. The average Bonchev–Trinajstić information content (AvgIpc) is 2.42. The lowest BCUT2D eigenvalue weighted by molar-refractivity contribution is 0.0984. The lowest BCUT2D eigenvalue weighted by Gasteiger charge is -2.22. The Morgan fingerprint density at radius 1 is 1.25 bits per heavy atom. The molecule has 0 radical (unpaired) electrons. The molecule has 0 bridgehead atoms. The zero-order valence-electron chi connectivity index (χ0n) is 11.6. The van der Waals surface area contributed by atoms with Crippen LogP contribution in [0.3, 0.4) is 0 Å². The van der Waals surface area contributed by atoms with Gasteiger partial charge in [0.05, 0.1) is 5.56 Å². The minimum Gasteiger partial charge on any atom is -0.399 e. The van der Waals surface area contributed by atoms with Crippen LogP contribution in [0.1, 0.15) is 22.8 Å². The number of rotatable bonds is 3. The highest BCUT2D eigenvalue weighted by Gasteiger charge is 2.20. The molecule has 0 spiro atoms. The Hall–Kier alpha value is -2.36. The normalized spacial score (nSPS) is 10.3. The van der Waals surface area contributed by atoms with E-state index in [1.165, 1.54) is 11.0 Å². The number of benzene rings is 2. The third-order valence-electron chi connectivity index (χ3n) is 3.17. The Morgan fingerprint density at radius 3 is 2.60 bits per heavy atom. The molecule has 0 fully saturated rings. The standard InChI is InChI=1S/C16H17FN2O/c1-3-19(13-8-5-7-12(18)10-13)16(20)14-9-4-6-11(2)15(14)17/h4-10H,3,18H2,1-2H3. The fourth-order valence-corrected chi connectivity index (χ4v) is 2.09. The minimum atomic E-state index is -0.472. The molecule has 2 N–H and O–H groups in total. The lowest BCUT2D eigenvalue weighted by atomic mass is 10.1. The Bertz CT molecular complexity index is 640. The van der Waals surface area contributed by atoms with Crippen molar-refractivity contribution in [2.75, 3.05) is 17.2 Å². The summed E-state index contributed by atoms with van der Waals surface area (Å²) in [7, 11) is 0. The number of amides is 1. The average molecular weight is 272 g/mol. The highest BCUT2D eigenvalue weighted by atomic mass is 19.1. The number of anilines is 2. The van der Waals surface area contributed by atoms with Gasteiger partial charge in [0.15, 0.2) is 0 Å². The van der Waals surface area contributed by atoms with E-state index in [0.29, 0.717) is 23.5 Å². The van der Waals surface area contributed by atoms with Crippen molar-refractivity contribution in [2.24, 2.45) is 0 Å². The molecule has 0 aliphatic carbocycles. The number of carbonyl (C=O) groups excluding carboxylic acids is 1. The molecule has 0 aromatic heterocycles. The van der Waals surface area contributed by atoms with Crippen molar-refractivity contribution < 1.29 is 9.18 Å². The maximum Gasteiger partial charge on any atom is 0.261 e. The van der Waals surface area contributed by atoms with E-state index in [4.69, 9.17) is 5.73 Å². The van der Waals surface area contributed by atoms with Crippen molar-refractivity contribution in [3.05, 3.63) is 59.4 Å². The molecule has 20 heavy (non-hydrogen) atoms. The largest absolute Gasteiger partial charge is 0.399 e. The first-order valence-corrected chi connectivity index (χ1v) is 6.47. The third kappa shape index (κ3) is 2.64. The first-order valence-electron chi connectivity index (χ1n) is 6.47. The van der Waals surface area contributed by atoms with Crippen LogP contribution in [-0.2, 0) is 0 Å². The summed E-state index contributed by atoms with van der Waals surface area (Å²) in [5.74, 6) is -0.834. The summed E-state index contributed by atoms with van der Waals surface area (Å²) >= 11 is 0. The first-order chi connectivity index (χ1) is 9.54. The molecule has 0 atom stereocenters. The molecule has 0 unspecified atom stereocenters. The van der Waals surface area contributed by atoms with Crippen LogP contribution in [0.2, 0.25) is 0 Å². The highest BCUT2D eigenvalue weighted by molar-refractivity contribution is 6.06. The zero-order valence-corrected chi connectivity index (χ0v) is 11.6. The van der Waals surface area contributed by atoms with E-state index in [9.17, 15) is 9.18 Å². The predicted octanol–water partition coefficient (Wildman–Crippen LogP) is 3.38. The highest BCUT2D eigenvalue weighted by Crippen LogP contribution is 2.21. The van der Waals surface area contributed by atoms with Gasteiger partial charge in [-0.15, -0.1) is 0 Å². The number of nitrogens with zero attached hydrogens (tertiary/aromatic N) is 1. The SMILES string of the molecule is CCN(C(=O)c1cccc(C)c1F)c1cccc(N)c1. The Labute approximate surface area is 117 Å². The minimum absolute atomic E-state index is 0.0780. The number of hydrogen-bond donors (Lipinski definition) is 1. The third-order valence-corrected chi connectivity index (χ3v) is 3.17. The van der Waals surface area contributed by atoms with Gasteiger partial charge in [0.25, 0.3) is 5.91 Å². The van der Waals surface area contributed by atoms with Crippen LogP contribution in [0.25, 0.3) is 0 Å². The number of nitrogen functional groups attached to an aromatic ring is 1. The molecular formula is C16H17FN2O. The molecule has 3 nitrogen and oxygen atoms in total. The molecule has 0 aliphatic rings. The number of aryl methyl sites for hydroxylation is 1. The molecule has 0 heterocycles. The molecule has 0 aliphatic heterocycles. The summed E-state index contributed by atoms with van der Waals surface area (Å²) in [6, 6.07) is 11.8. The van der Waals surface area contributed by atoms with Crippen LogP contribution in [-0.4, -0.2) is 12.5 Å². The predicted molar refractivity (Wildman–Crippen MR) is 79.3 cm³/mol. The quantitative estimate of drug-likeness (QED) is 0.871. The van der Waals surface area contributed by atoms with Crippen LogP contribution in [0.5, 0.6) is 0 Å². The molecule has 0 saturated heterocycles. The van der Waals surface area contributed by atoms with Crippen LogP contribution in [0.15, 0.2) is 42.5 Å². The monoisotopic (exact) mass is 272 g/mol. The van der Waals surface area contributed by atoms with Gasteiger partial charge in [-0.25, -0.2) is 4.39 Å². The fraction of sp³-hybridized carbons (Fsp3) is 0.188. The maximum atomic E-state index is 14.1. The second-order valence-electron chi connectivity index (χ2n) is 4.58. The van der Waals surface area contributed by atoms with Crippen LogP contribution in [0, 0.1) is 12.7 Å². The van der Waals surface area contributed by atoms with Crippen LogP contribution < -0.4 is 10.6 Å². The van der Waals surface area contributed by atoms with Crippen molar-refractivity contribution >= 4 is 17.3 Å². The van der Waals surface area contributed by atoms with Crippen molar-refractivity contribution in [1.82, 2.24) is 0 Å². The number of halogens is 1. The van der Waals surface area contributed by atoms with Gasteiger partial charge in [0, 0.05) is 17.9 Å². The molecule has 1 amide bonds. The molecular weight excluding hydrogens is 255 g/mol. The van der Waals surface area contributed by atoms with Gasteiger partial charge in [-0.2, -0.15) is 0 Å². The van der Waals surface area contributed by atoms with Gasteiger partial charge >= 0.3 is 0 Å². The number of hydrogen-bond acceptors (Lipinski definition) is 2. The van der Waals surface area contributed by atoms with Crippen molar-refractivity contribution in [2.45, 2.75) is 13.8 Å². The Balaban J connectivity index is 2.42. The Morgan fingerprint density at radius 2 is 1.95 bits per heavy atom. The number of carbonyl (C=O) groups is 1. The fourth-order valence-electron chi connectivity index (χ4n) is 2.09. The lowest BCUT2D eigenvalue weighted by Crippen LogP contribution is -2.31. The van der Waals surface area contributed by atoms with Gasteiger partial charge in [0.1, 0.15) is 5.82 Å². The second kappa shape index (κ2) is 5.74. The summed E-state index contributed by atoms with van der Waals surface area (Å²) in [4.78, 5) is 14.0. The van der Waals surface area contributed by atoms with Crippen LogP contribution in [0.4, 0.5) is 15.8 Å². The number of nitrogens with two attached hydrogens (primary N) is 1. The maximum absolute atomic E-state index is 14.1. The first kappa shape index (κ1) is 14.1. The molecule has 104 valence electrons. The summed E-state index contributed by atoms with van der Waals surface area (Å²) in [6.45, 7) is 3.92. The van der Waals surface area contributed by atoms with Gasteiger partial charge < -0.3 is 10.6 Å². The summed E-state index contributed by atoms with van der Waals surface area (Å²) in [6.07, 6.45) is 0. The molecule has 4 heteroatoms. The summed E-state index contributed by atoms with van der Waals surface area (Å²) in [5.41, 5.74) is 7.50. The molecule has 0 saturated carbocycles. The van der Waals surface area contributed by atoms with E-state index in [-0.39, 0.29) is 11.5 Å². The zero-order chi connectivity index (χ0) is 14.7. The van der Waals surface area contributed by atoms with Gasteiger partial charge in [0.2, 0.25) is 0 Å². The van der Waals surface area contributed by atoms with E-state index < -0.39 is 5.82 Å².